The molecule has 0 atom stereocenters. The van der Waals surface area contributed by atoms with Gasteiger partial charge in [0.2, 0.25) is 0 Å². The number of aromatic amines is 1. The zero-order valence-corrected chi connectivity index (χ0v) is 12.6. The predicted octanol–water partition coefficient (Wildman–Crippen LogP) is 3.74. The highest BCUT2D eigenvalue weighted by Crippen LogP contribution is 2.34. The van der Waals surface area contributed by atoms with Gasteiger partial charge in [-0.3, -0.25) is 9.36 Å². The summed E-state index contributed by atoms with van der Waals surface area (Å²) in [5.74, 6) is -0.385. The Morgan fingerprint density at radius 1 is 1.33 bits per heavy atom. The Hall–Kier alpha value is -1.79. The summed E-state index contributed by atoms with van der Waals surface area (Å²) in [6, 6.07) is 5.94. The van der Waals surface area contributed by atoms with Crippen LogP contribution in [-0.4, -0.2) is 9.55 Å². The molecule has 0 saturated heterocycles. The van der Waals surface area contributed by atoms with Crippen molar-refractivity contribution in [3.05, 3.63) is 55.6 Å². The van der Waals surface area contributed by atoms with Gasteiger partial charge in [-0.1, -0.05) is 6.07 Å². The van der Waals surface area contributed by atoms with Crippen LogP contribution in [-0.2, 0) is 12.8 Å². The summed E-state index contributed by atoms with van der Waals surface area (Å²) in [6.45, 7) is 0. The lowest BCUT2D eigenvalue weighted by Crippen LogP contribution is -2.20. The summed E-state index contributed by atoms with van der Waals surface area (Å²) < 4.78 is 15.1. The Morgan fingerprint density at radius 2 is 2.19 bits per heavy atom. The number of hydrogen-bond donors (Lipinski definition) is 1. The molecule has 2 heterocycles. The zero-order chi connectivity index (χ0) is 14.6. The first-order valence-corrected chi connectivity index (χ1v) is 7.93. The normalized spacial score (nSPS) is 13.8. The maximum Gasteiger partial charge on any atom is 0.267 e. The van der Waals surface area contributed by atoms with Gasteiger partial charge in [0.25, 0.3) is 5.56 Å². The average Bonchev–Trinajstić information content (AvgIpc) is 2.98. The van der Waals surface area contributed by atoms with Crippen LogP contribution in [0.1, 0.15) is 16.9 Å². The van der Waals surface area contributed by atoms with Crippen molar-refractivity contribution in [3.8, 4) is 5.69 Å². The number of rotatable bonds is 1. The first kappa shape index (κ1) is 12.9. The van der Waals surface area contributed by atoms with E-state index in [1.165, 1.54) is 21.6 Å². The van der Waals surface area contributed by atoms with Crippen LogP contribution in [0.25, 0.3) is 15.9 Å². The van der Waals surface area contributed by atoms with E-state index < -0.39 is 0 Å². The molecule has 106 valence electrons. The van der Waals surface area contributed by atoms with Crippen LogP contribution in [0.2, 0.25) is 0 Å². The fraction of sp³-hybridized carbons (Fsp3) is 0.200. The fourth-order valence-corrected chi connectivity index (χ4v) is 4.56. The molecule has 3 aromatic rings. The van der Waals surface area contributed by atoms with E-state index in [-0.39, 0.29) is 11.4 Å². The molecule has 0 saturated carbocycles. The molecule has 6 heteroatoms. The molecule has 4 rings (SSSR count). The van der Waals surface area contributed by atoms with Crippen LogP contribution in [0, 0.1) is 10.6 Å². The molecular formula is C15H11FN2OS2. The van der Waals surface area contributed by atoms with E-state index in [2.05, 4.69) is 4.98 Å². The van der Waals surface area contributed by atoms with E-state index in [1.54, 1.807) is 23.5 Å². The molecule has 0 radical (unpaired) electrons. The SMILES string of the molecule is O=c1c2c3c(sc2[nH]c(=S)n1-c1cccc(F)c1)CCC3. The maximum absolute atomic E-state index is 13.4. The van der Waals surface area contributed by atoms with Crippen molar-refractivity contribution in [2.24, 2.45) is 0 Å². The van der Waals surface area contributed by atoms with Gasteiger partial charge in [-0.15, -0.1) is 11.3 Å². The van der Waals surface area contributed by atoms with Crippen molar-refractivity contribution in [1.82, 2.24) is 9.55 Å². The second-order valence-electron chi connectivity index (χ2n) is 5.11. The highest BCUT2D eigenvalue weighted by molar-refractivity contribution is 7.71. The first-order chi connectivity index (χ1) is 10.1. The van der Waals surface area contributed by atoms with E-state index in [4.69, 9.17) is 12.2 Å². The van der Waals surface area contributed by atoms with Crippen molar-refractivity contribution in [2.75, 3.05) is 0 Å². The zero-order valence-electron chi connectivity index (χ0n) is 11.0. The Labute approximate surface area is 128 Å². The molecule has 0 bridgehead atoms. The molecule has 0 spiro atoms. The van der Waals surface area contributed by atoms with Gasteiger partial charge in [0.1, 0.15) is 10.6 Å². The topological polar surface area (TPSA) is 37.8 Å². The summed E-state index contributed by atoms with van der Waals surface area (Å²) in [5.41, 5.74) is 1.44. The lowest BCUT2D eigenvalue weighted by molar-refractivity contribution is 0.626. The summed E-state index contributed by atoms with van der Waals surface area (Å²) in [7, 11) is 0. The number of hydrogen-bond acceptors (Lipinski definition) is 3. The summed E-state index contributed by atoms with van der Waals surface area (Å²) >= 11 is 6.90. The van der Waals surface area contributed by atoms with Gasteiger partial charge in [0, 0.05) is 4.88 Å². The third-order valence-electron chi connectivity index (χ3n) is 3.83. The minimum atomic E-state index is -0.385. The Bertz CT molecular complexity index is 983. The fourth-order valence-electron chi connectivity index (χ4n) is 2.93. The number of halogens is 1. The summed E-state index contributed by atoms with van der Waals surface area (Å²) in [6.07, 6.45) is 3.04. The second kappa shape index (κ2) is 4.61. The number of benzene rings is 1. The third kappa shape index (κ3) is 1.90. The predicted molar refractivity (Wildman–Crippen MR) is 84.6 cm³/mol. The third-order valence-corrected chi connectivity index (χ3v) is 5.32. The molecule has 1 aromatic carbocycles. The van der Waals surface area contributed by atoms with E-state index in [1.807, 2.05) is 0 Å². The van der Waals surface area contributed by atoms with Gasteiger partial charge in [-0.2, -0.15) is 0 Å². The molecule has 2 aromatic heterocycles. The molecule has 1 N–H and O–H groups in total. The van der Waals surface area contributed by atoms with Crippen LogP contribution in [0.15, 0.2) is 29.1 Å². The van der Waals surface area contributed by atoms with Crippen molar-refractivity contribution >= 4 is 33.8 Å². The van der Waals surface area contributed by atoms with E-state index in [9.17, 15) is 9.18 Å². The van der Waals surface area contributed by atoms with Crippen LogP contribution >= 0.6 is 23.6 Å². The van der Waals surface area contributed by atoms with E-state index in [0.717, 1.165) is 29.7 Å². The quantitative estimate of drug-likeness (QED) is 0.694. The Balaban J connectivity index is 2.11. The number of H-pyrrole nitrogens is 1. The molecule has 0 fully saturated rings. The summed E-state index contributed by atoms with van der Waals surface area (Å²) in [5, 5.41) is 0.713. The van der Waals surface area contributed by atoms with Crippen molar-refractivity contribution in [2.45, 2.75) is 19.3 Å². The van der Waals surface area contributed by atoms with Gasteiger partial charge >= 0.3 is 0 Å². The lowest BCUT2D eigenvalue weighted by atomic mass is 10.2. The largest absolute Gasteiger partial charge is 0.323 e. The summed E-state index contributed by atoms with van der Waals surface area (Å²) in [4.78, 5) is 18.1. The molecule has 0 unspecified atom stereocenters. The minimum Gasteiger partial charge on any atom is -0.323 e. The Morgan fingerprint density at radius 3 is 3.00 bits per heavy atom. The molecule has 0 aliphatic heterocycles. The van der Waals surface area contributed by atoms with Crippen LogP contribution < -0.4 is 5.56 Å². The molecular weight excluding hydrogens is 307 g/mol. The number of nitrogens with zero attached hydrogens (tertiary/aromatic N) is 1. The van der Waals surface area contributed by atoms with Gasteiger partial charge in [-0.25, -0.2) is 4.39 Å². The van der Waals surface area contributed by atoms with Gasteiger partial charge in [-0.05, 0) is 55.2 Å². The lowest BCUT2D eigenvalue weighted by Gasteiger charge is -2.07. The number of fused-ring (bicyclic) bond motifs is 3. The maximum atomic E-state index is 13.4. The van der Waals surface area contributed by atoms with Crippen LogP contribution in [0.5, 0.6) is 0 Å². The number of aryl methyl sites for hydroxylation is 2. The molecule has 1 aliphatic carbocycles. The molecule has 3 nitrogen and oxygen atoms in total. The monoisotopic (exact) mass is 318 g/mol. The van der Waals surface area contributed by atoms with Crippen LogP contribution in [0.4, 0.5) is 4.39 Å². The van der Waals surface area contributed by atoms with Crippen molar-refractivity contribution < 1.29 is 4.39 Å². The van der Waals surface area contributed by atoms with Crippen molar-refractivity contribution in [1.29, 1.82) is 0 Å². The van der Waals surface area contributed by atoms with Crippen LogP contribution in [0.3, 0.4) is 0 Å². The molecule has 1 aliphatic rings. The number of nitrogens with one attached hydrogen (secondary N) is 1. The smallest absolute Gasteiger partial charge is 0.267 e. The van der Waals surface area contributed by atoms with Gasteiger partial charge in [0.15, 0.2) is 4.77 Å². The standard InChI is InChI=1S/C15H11FN2OS2/c16-8-3-1-4-9(7-8)18-14(19)12-10-5-2-6-11(10)21-13(12)17-15(18)20/h1,3-4,7H,2,5-6H2,(H,17,20). The molecule has 21 heavy (non-hydrogen) atoms. The van der Waals surface area contributed by atoms with Crippen molar-refractivity contribution in [3.63, 3.8) is 0 Å². The molecule has 0 amide bonds. The Kier molecular flexibility index (Phi) is 2.83. The minimum absolute atomic E-state index is 0.154. The average molecular weight is 318 g/mol. The first-order valence-electron chi connectivity index (χ1n) is 6.70. The second-order valence-corrected chi connectivity index (χ2v) is 6.60. The number of aromatic nitrogens is 2. The van der Waals surface area contributed by atoms with E-state index in [0.29, 0.717) is 15.8 Å². The van der Waals surface area contributed by atoms with Gasteiger partial charge in [0.05, 0.1) is 11.1 Å². The highest BCUT2D eigenvalue weighted by Gasteiger charge is 2.21. The van der Waals surface area contributed by atoms with E-state index >= 15 is 0 Å². The van der Waals surface area contributed by atoms with Gasteiger partial charge < -0.3 is 4.98 Å². The number of thiophene rings is 1. The highest BCUT2D eigenvalue weighted by atomic mass is 32.1.